The van der Waals surface area contributed by atoms with E-state index in [-0.39, 0.29) is 6.61 Å². The van der Waals surface area contributed by atoms with Gasteiger partial charge in [0, 0.05) is 6.61 Å². The van der Waals surface area contributed by atoms with Gasteiger partial charge < -0.3 is 29.9 Å². The zero-order chi connectivity index (χ0) is 12.2. The summed E-state index contributed by atoms with van der Waals surface area (Å²) in [6.45, 7) is 1.77. The average Bonchev–Trinajstić information content (AvgIpc) is 2.50. The van der Waals surface area contributed by atoms with Gasteiger partial charge in [0.1, 0.15) is 24.9 Å². The Morgan fingerprint density at radius 2 is 2.06 bits per heavy atom. The van der Waals surface area contributed by atoms with Gasteiger partial charge in [-0.05, 0) is 6.42 Å². The number of aliphatic hydroxyl groups excluding tert-OH is 3. The molecule has 4 atom stereocenters. The van der Waals surface area contributed by atoms with Gasteiger partial charge in [0.2, 0.25) is 5.79 Å². The lowest BCUT2D eigenvalue weighted by atomic mass is 10.1. The second-order valence-corrected chi connectivity index (χ2v) is 4.03. The SMILES string of the molecule is CCCCOCC1(O)OC(CO)C(O)C1O. The number of ether oxygens (including phenoxy) is 2. The van der Waals surface area contributed by atoms with E-state index in [1.165, 1.54) is 0 Å². The van der Waals surface area contributed by atoms with E-state index in [0.717, 1.165) is 12.8 Å². The Hall–Kier alpha value is -0.240. The molecule has 6 nitrogen and oxygen atoms in total. The highest BCUT2D eigenvalue weighted by molar-refractivity contribution is 4.95. The fourth-order valence-corrected chi connectivity index (χ4v) is 1.60. The predicted octanol–water partition coefficient (Wildman–Crippen LogP) is -1.40. The van der Waals surface area contributed by atoms with Crippen molar-refractivity contribution in [1.82, 2.24) is 0 Å². The molecule has 0 aromatic carbocycles. The highest BCUT2D eigenvalue weighted by atomic mass is 16.7. The van der Waals surface area contributed by atoms with Gasteiger partial charge in [-0.1, -0.05) is 13.3 Å². The zero-order valence-electron chi connectivity index (χ0n) is 9.37. The second kappa shape index (κ2) is 5.90. The molecule has 0 aromatic heterocycles. The van der Waals surface area contributed by atoms with Crippen LogP contribution in [0.1, 0.15) is 19.8 Å². The van der Waals surface area contributed by atoms with Crippen molar-refractivity contribution in [3.63, 3.8) is 0 Å². The molecule has 0 spiro atoms. The van der Waals surface area contributed by atoms with Crippen molar-refractivity contribution >= 4 is 0 Å². The molecule has 0 radical (unpaired) electrons. The summed E-state index contributed by atoms with van der Waals surface area (Å²) in [6.07, 6.45) is -1.94. The van der Waals surface area contributed by atoms with Crippen molar-refractivity contribution in [2.24, 2.45) is 0 Å². The summed E-state index contributed by atoms with van der Waals surface area (Å²) in [5, 5.41) is 37.7. The summed E-state index contributed by atoms with van der Waals surface area (Å²) in [5.74, 6) is -1.93. The van der Waals surface area contributed by atoms with Gasteiger partial charge in [-0.3, -0.25) is 0 Å². The molecule has 1 rings (SSSR count). The van der Waals surface area contributed by atoms with Gasteiger partial charge in [0.05, 0.1) is 6.61 Å². The molecule has 1 heterocycles. The lowest BCUT2D eigenvalue weighted by Gasteiger charge is -2.25. The van der Waals surface area contributed by atoms with Crippen LogP contribution in [-0.2, 0) is 9.47 Å². The van der Waals surface area contributed by atoms with Crippen molar-refractivity contribution < 1.29 is 29.9 Å². The topological polar surface area (TPSA) is 99.4 Å². The Balaban J connectivity index is 2.44. The normalized spacial score (nSPS) is 39.2. The maximum absolute atomic E-state index is 9.86. The molecule has 1 saturated heterocycles. The zero-order valence-corrected chi connectivity index (χ0v) is 9.37. The van der Waals surface area contributed by atoms with E-state index < -0.39 is 30.7 Å². The van der Waals surface area contributed by atoms with Gasteiger partial charge in [-0.2, -0.15) is 0 Å². The minimum atomic E-state index is -1.93. The Kier molecular flexibility index (Phi) is 5.10. The molecule has 0 amide bonds. The summed E-state index contributed by atoms with van der Waals surface area (Å²) in [6, 6.07) is 0. The Labute approximate surface area is 94.4 Å². The quantitative estimate of drug-likeness (QED) is 0.424. The summed E-state index contributed by atoms with van der Waals surface area (Å²) in [4.78, 5) is 0. The second-order valence-electron chi connectivity index (χ2n) is 4.03. The molecule has 0 saturated carbocycles. The third kappa shape index (κ3) is 2.91. The van der Waals surface area contributed by atoms with Crippen molar-refractivity contribution in [3.05, 3.63) is 0 Å². The van der Waals surface area contributed by atoms with E-state index in [1.807, 2.05) is 6.92 Å². The van der Waals surface area contributed by atoms with Crippen molar-refractivity contribution in [3.8, 4) is 0 Å². The first-order chi connectivity index (χ1) is 7.55. The first-order valence-electron chi connectivity index (χ1n) is 5.50. The van der Waals surface area contributed by atoms with E-state index >= 15 is 0 Å². The van der Waals surface area contributed by atoms with Crippen LogP contribution in [0.25, 0.3) is 0 Å². The molecule has 0 bridgehead atoms. The van der Waals surface area contributed by atoms with Gasteiger partial charge in [-0.15, -0.1) is 0 Å². The van der Waals surface area contributed by atoms with Crippen LogP contribution in [0.4, 0.5) is 0 Å². The summed E-state index contributed by atoms with van der Waals surface area (Å²) in [5.41, 5.74) is 0. The highest BCUT2D eigenvalue weighted by Crippen LogP contribution is 2.29. The van der Waals surface area contributed by atoms with E-state index in [1.54, 1.807) is 0 Å². The van der Waals surface area contributed by atoms with Gasteiger partial charge in [0.15, 0.2) is 0 Å². The maximum Gasteiger partial charge on any atom is 0.219 e. The molecular weight excluding hydrogens is 216 g/mol. The minimum Gasteiger partial charge on any atom is -0.394 e. The van der Waals surface area contributed by atoms with Gasteiger partial charge in [0.25, 0.3) is 0 Å². The smallest absolute Gasteiger partial charge is 0.219 e. The highest BCUT2D eigenvalue weighted by Gasteiger charge is 2.53. The molecule has 0 aliphatic carbocycles. The molecule has 1 aliphatic rings. The molecule has 0 aromatic rings. The van der Waals surface area contributed by atoms with Crippen LogP contribution in [-0.4, -0.2) is 64.3 Å². The first-order valence-corrected chi connectivity index (χ1v) is 5.50. The maximum atomic E-state index is 9.86. The first kappa shape index (κ1) is 13.8. The lowest BCUT2D eigenvalue weighted by molar-refractivity contribution is -0.255. The van der Waals surface area contributed by atoms with Crippen LogP contribution < -0.4 is 0 Å². The third-order valence-electron chi connectivity index (χ3n) is 2.65. The van der Waals surface area contributed by atoms with Gasteiger partial charge >= 0.3 is 0 Å². The van der Waals surface area contributed by atoms with E-state index in [2.05, 4.69) is 0 Å². The van der Waals surface area contributed by atoms with Crippen LogP contribution in [0.2, 0.25) is 0 Å². The molecule has 4 unspecified atom stereocenters. The van der Waals surface area contributed by atoms with Gasteiger partial charge in [-0.25, -0.2) is 0 Å². The number of hydrogen-bond acceptors (Lipinski definition) is 6. The van der Waals surface area contributed by atoms with E-state index in [4.69, 9.17) is 14.6 Å². The number of unbranched alkanes of at least 4 members (excludes halogenated alkanes) is 1. The number of rotatable bonds is 6. The van der Waals surface area contributed by atoms with Crippen molar-refractivity contribution in [2.45, 2.75) is 43.9 Å². The van der Waals surface area contributed by atoms with Crippen LogP contribution in [0, 0.1) is 0 Å². The number of hydrogen-bond donors (Lipinski definition) is 4. The largest absolute Gasteiger partial charge is 0.394 e. The Morgan fingerprint density at radius 1 is 1.38 bits per heavy atom. The monoisotopic (exact) mass is 236 g/mol. The molecule has 16 heavy (non-hydrogen) atoms. The molecular formula is C10H20O6. The molecule has 4 N–H and O–H groups in total. The summed E-state index contributed by atoms with van der Waals surface area (Å²) in [7, 11) is 0. The molecule has 96 valence electrons. The Bertz CT molecular complexity index is 211. The fourth-order valence-electron chi connectivity index (χ4n) is 1.60. The average molecular weight is 236 g/mol. The minimum absolute atomic E-state index is 0.221. The van der Waals surface area contributed by atoms with E-state index in [9.17, 15) is 15.3 Å². The summed E-state index contributed by atoms with van der Waals surface area (Å²) < 4.78 is 10.1. The molecule has 1 fully saturated rings. The number of aliphatic hydroxyl groups is 4. The van der Waals surface area contributed by atoms with Crippen LogP contribution in [0.3, 0.4) is 0 Å². The fraction of sp³-hybridized carbons (Fsp3) is 1.00. The molecule has 6 heteroatoms. The standard InChI is InChI=1S/C10H20O6/c1-2-3-4-15-6-10(14)9(13)8(12)7(5-11)16-10/h7-9,11-14H,2-6H2,1H3. The third-order valence-corrected chi connectivity index (χ3v) is 2.65. The van der Waals surface area contributed by atoms with Crippen molar-refractivity contribution in [1.29, 1.82) is 0 Å². The molecule has 1 aliphatic heterocycles. The lowest BCUT2D eigenvalue weighted by Crippen LogP contribution is -2.47. The Morgan fingerprint density at radius 3 is 2.56 bits per heavy atom. The van der Waals surface area contributed by atoms with E-state index in [0.29, 0.717) is 6.61 Å². The van der Waals surface area contributed by atoms with Crippen molar-refractivity contribution in [2.75, 3.05) is 19.8 Å². The summed E-state index contributed by atoms with van der Waals surface area (Å²) >= 11 is 0. The van der Waals surface area contributed by atoms with Crippen LogP contribution in [0.15, 0.2) is 0 Å². The van der Waals surface area contributed by atoms with Crippen LogP contribution >= 0.6 is 0 Å². The predicted molar refractivity (Wildman–Crippen MR) is 54.6 cm³/mol. The van der Waals surface area contributed by atoms with Crippen LogP contribution in [0.5, 0.6) is 0 Å².